The van der Waals surface area contributed by atoms with Gasteiger partial charge in [-0.3, -0.25) is 4.79 Å². The van der Waals surface area contributed by atoms with E-state index in [1.807, 2.05) is 6.07 Å². The van der Waals surface area contributed by atoms with Gasteiger partial charge in [0.2, 0.25) is 0 Å². The van der Waals surface area contributed by atoms with E-state index in [0.717, 1.165) is 5.56 Å². The number of anilines is 2. The van der Waals surface area contributed by atoms with Crippen molar-refractivity contribution in [3.05, 3.63) is 77.1 Å². The normalized spacial score (nSPS) is 13.8. The van der Waals surface area contributed by atoms with E-state index in [1.165, 1.54) is 18.2 Å². The van der Waals surface area contributed by atoms with Crippen LogP contribution in [-0.4, -0.2) is 17.2 Å². The molecule has 2 N–H and O–H groups in total. The molecule has 3 aromatic rings. The first-order chi connectivity index (χ1) is 13.9. The summed E-state index contributed by atoms with van der Waals surface area (Å²) in [4.78, 5) is 16.7. The number of aromatic nitrogens is 1. The van der Waals surface area contributed by atoms with Crippen molar-refractivity contribution in [2.45, 2.75) is 12.8 Å². The van der Waals surface area contributed by atoms with Gasteiger partial charge in [0.15, 0.2) is 11.5 Å². The number of benzene rings is 2. The minimum absolute atomic E-state index is 0.0916. The van der Waals surface area contributed by atoms with Crippen LogP contribution in [0.25, 0.3) is 0 Å². The molecule has 0 atom stereocenters. The van der Waals surface area contributed by atoms with Gasteiger partial charge in [-0.05, 0) is 42.0 Å². The van der Waals surface area contributed by atoms with Gasteiger partial charge in [0.05, 0.1) is 5.56 Å². The highest BCUT2D eigenvalue weighted by atomic mass is 35.5. The molecule has 2 aromatic carbocycles. The number of para-hydroxylation sites is 1. The van der Waals surface area contributed by atoms with Crippen LogP contribution in [0.1, 0.15) is 15.9 Å². The van der Waals surface area contributed by atoms with Crippen LogP contribution in [0.5, 0.6) is 11.5 Å². The van der Waals surface area contributed by atoms with Gasteiger partial charge in [0, 0.05) is 30.2 Å². The Morgan fingerprint density at radius 2 is 1.86 bits per heavy atom. The SMILES string of the molecule is O=C(Nc1ccc2c(c1)OC(F)(F)O2)c1ccccc1NCc1ccnc(Cl)c1. The van der Waals surface area contributed by atoms with Crippen LogP contribution >= 0.6 is 11.6 Å². The van der Waals surface area contributed by atoms with Crippen molar-refractivity contribution in [3.63, 3.8) is 0 Å². The van der Waals surface area contributed by atoms with Gasteiger partial charge in [-0.15, -0.1) is 8.78 Å². The number of rotatable bonds is 5. The highest BCUT2D eigenvalue weighted by Gasteiger charge is 2.43. The molecule has 148 valence electrons. The van der Waals surface area contributed by atoms with E-state index in [-0.39, 0.29) is 11.5 Å². The van der Waals surface area contributed by atoms with Crippen LogP contribution in [0.4, 0.5) is 20.2 Å². The van der Waals surface area contributed by atoms with Crippen molar-refractivity contribution in [2.75, 3.05) is 10.6 Å². The van der Waals surface area contributed by atoms with Crippen molar-refractivity contribution in [3.8, 4) is 11.5 Å². The standard InChI is InChI=1S/C20H14ClF2N3O3/c21-18-9-12(7-8-24-18)11-25-15-4-2-1-3-14(15)19(27)26-13-5-6-16-17(10-13)29-20(22,23)28-16/h1-10,25H,11H2,(H,26,27). The van der Waals surface area contributed by atoms with Gasteiger partial charge < -0.3 is 20.1 Å². The lowest BCUT2D eigenvalue weighted by molar-refractivity contribution is -0.286. The summed E-state index contributed by atoms with van der Waals surface area (Å²) in [6.45, 7) is 0.436. The number of ether oxygens (including phenoxy) is 2. The summed E-state index contributed by atoms with van der Waals surface area (Å²) in [5.41, 5.74) is 2.18. The second kappa shape index (κ2) is 7.56. The Morgan fingerprint density at radius 1 is 1.07 bits per heavy atom. The third kappa shape index (κ3) is 4.38. The first kappa shape index (κ1) is 18.9. The molecule has 0 unspecified atom stereocenters. The third-order valence-electron chi connectivity index (χ3n) is 4.10. The minimum atomic E-state index is -3.71. The Bertz CT molecular complexity index is 1080. The summed E-state index contributed by atoms with van der Waals surface area (Å²) in [6, 6.07) is 14.5. The van der Waals surface area contributed by atoms with Crippen LogP contribution in [0.15, 0.2) is 60.8 Å². The average Bonchev–Trinajstić information content (AvgIpc) is 2.99. The van der Waals surface area contributed by atoms with Gasteiger partial charge >= 0.3 is 6.29 Å². The molecule has 6 nitrogen and oxygen atoms in total. The molecule has 1 aromatic heterocycles. The molecule has 0 fully saturated rings. The summed E-state index contributed by atoms with van der Waals surface area (Å²) in [5, 5.41) is 6.24. The number of halogens is 3. The molecule has 1 aliphatic heterocycles. The van der Waals surface area contributed by atoms with Crippen LogP contribution in [0.3, 0.4) is 0 Å². The summed E-state index contributed by atoms with van der Waals surface area (Å²) in [7, 11) is 0. The molecule has 0 saturated heterocycles. The molecular formula is C20H14ClF2N3O3. The number of fused-ring (bicyclic) bond motifs is 1. The highest BCUT2D eigenvalue weighted by Crippen LogP contribution is 2.42. The predicted molar refractivity (Wildman–Crippen MR) is 104 cm³/mol. The number of alkyl halides is 2. The van der Waals surface area contributed by atoms with Gasteiger partial charge in [0.25, 0.3) is 5.91 Å². The van der Waals surface area contributed by atoms with Crippen molar-refractivity contribution in [1.29, 1.82) is 0 Å². The molecule has 2 heterocycles. The van der Waals surface area contributed by atoms with E-state index in [1.54, 1.807) is 36.5 Å². The molecule has 29 heavy (non-hydrogen) atoms. The summed E-state index contributed by atoms with van der Waals surface area (Å²) in [6.07, 6.45) is -2.11. The molecule has 0 aliphatic carbocycles. The van der Waals surface area contributed by atoms with E-state index in [4.69, 9.17) is 11.6 Å². The van der Waals surface area contributed by atoms with Crippen molar-refractivity contribution in [1.82, 2.24) is 4.98 Å². The molecule has 1 amide bonds. The maximum absolute atomic E-state index is 13.1. The lowest BCUT2D eigenvalue weighted by atomic mass is 10.1. The zero-order valence-electron chi connectivity index (χ0n) is 14.8. The Labute approximate surface area is 169 Å². The van der Waals surface area contributed by atoms with Crippen LogP contribution in [0.2, 0.25) is 5.15 Å². The van der Waals surface area contributed by atoms with Crippen LogP contribution in [0, 0.1) is 0 Å². The summed E-state index contributed by atoms with van der Waals surface area (Å²) < 4.78 is 35.0. The molecule has 0 bridgehead atoms. The Morgan fingerprint density at radius 3 is 2.69 bits per heavy atom. The van der Waals surface area contributed by atoms with Gasteiger partial charge in [0.1, 0.15) is 5.15 Å². The second-order valence-electron chi connectivity index (χ2n) is 6.17. The maximum Gasteiger partial charge on any atom is 0.586 e. The topological polar surface area (TPSA) is 72.5 Å². The van der Waals surface area contributed by atoms with Gasteiger partial charge in [-0.2, -0.15) is 0 Å². The quantitative estimate of drug-likeness (QED) is 0.576. The molecular weight excluding hydrogens is 404 g/mol. The largest absolute Gasteiger partial charge is 0.586 e. The maximum atomic E-state index is 13.1. The Hall–Kier alpha value is -3.39. The van der Waals surface area contributed by atoms with Gasteiger partial charge in [-0.25, -0.2) is 4.98 Å². The first-order valence-corrected chi connectivity index (χ1v) is 8.92. The number of hydrogen-bond acceptors (Lipinski definition) is 5. The fourth-order valence-electron chi connectivity index (χ4n) is 2.81. The second-order valence-corrected chi connectivity index (χ2v) is 6.56. The lowest BCUT2D eigenvalue weighted by Crippen LogP contribution is -2.25. The summed E-state index contributed by atoms with van der Waals surface area (Å²) >= 11 is 5.89. The van der Waals surface area contributed by atoms with E-state index >= 15 is 0 Å². The molecule has 4 rings (SSSR count). The van der Waals surface area contributed by atoms with Gasteiger partial charge in [-0.1, -0.05) is 23.7 Å². The zero-order chi connectivity index (χ0) is 20.4. The highest BCUT2D eigenvalue weighted by molar-refractivity contribution is 6.29. The minimum Gasteiger partial charge on any atom is -0.395 e. The fraction of sp³-hybridized carbons (Fsp3) is 0.100. The van der Waals surface area contributed by atoms with E-state index in [2.05, 4.69) is 25.1 Å². The van der Waals surface area contributed by atoms with Crippen LogP contribution < -0.4 is 20.1 Å². The van der Waals surface area contributed by atoms with E-state index in [9.17, 15) is 13.6 Å². The predicted octanol–water partition coefficient (Wildman–Crippen LogP) is 4.92. The van der Waals surface area contributed by atoms with E-state index in [0.29, 0.717) is 28.6 Å². The molecule has 0 saturated carbocycles. The number of carbonyl (C=O) groups excluding carboxylic acids is 1. The Kier molecular flexibility index (Phi) is 4.94. The third-order valence-corrected chi connectivity index (χ3v) is 4.31. The molecule has 9 heteroatoms. The molecule has 0 radical (unpaired) electrons. The average molecular weight is 418 g/mol. The molecule has 0 spiro atoms. The number of hydrogen-bond donors (Lipinski definition) is 2. The fourth-order valence-corrected chi connectivity index (χ4v) is 3.01. The monoisotopic (exact) mass is 417 g/mol. The Balaban J connectivity index is 1.48. The lowest BCUT2D eigenvalue weighted by Gasteiger charge is -2.12. The van der Waals surface area contributed by atoms with Crippen molar-refractivity contribution >= 4 is 28.9 Å². The van der Waals surface area contributed by atoms with Crippen molar-refractivity contribution < 1.29 is 23.0 Å². The van der Waals surface area contributed by atoms with E-state index < -0.39 is 12.2 Å². The number of nitrogens with zero attached hydrogens (tertiary/aromatic N) is 1. The molecule has 1 aliphatic rings. The summed E-state index contributed by atoms with van der Waals surface area (Å²) in [5.74, 6) is -0.647. The number of nitrogens with one attached hydrogen (secondary N) is 2. The zero-order valence-corrected chi connectivity index (χ0v) is 15.5. The number of carbonyl (C=O) groups is 1. The number of amides is 1. The number of pyridine rings is 1. The first-order valence-electron chi connectivity index (χ1n) is 8.54. The smallest absolute Gasteiger partial charge is 0.395 e. The van der Waals surface area contributed by atoms with Crippen molar-refractivity contribution in [2.24, 2.45) is 0 Å². The van der Waals surface area contributed by atoms with Crippen LogP contribution in [-0.2, 0) is 6.54 Å².